The van der Waals surface area contributed by atoms with Gasteiger partial charge in [-0.1, -0.05) is 12.1 Å². The molecule has 4 rings (SSSR count). The molecular weight excluding hydrogens is 381 g/mol. The van der Waals surface area contributed by atoms with Gasteiger partial charge in [-0.25, -0.2) is 9.37 Å². The zero-order valence-electron chi connectivity index (χ0n) is 15.4. The number of nitrogens with zero attached hydrogens (tertiary/aromatic N) is 2. The lowest BCUT2D eigenvalue weighted by Gasteiger charge is -2.11. The molecule has 1 fully saturated rings. The summed E-state index contributed by atoms with van der Waals surface area (Å²) in [6, 6.07) is 6.05. The summed E-state index contributed by atoms with van der Waals surface area (Å²) in [5.74, 6) is -0.716. The molecule has 1 saturated heterocycles. The standard InChI is InChI=1S/C20H20FN3O3S/c1-12-16(18(25)22-9-13-4-2-5-14(21)8-13)17-19(28-12)23-11-24(20(17)26)10-15-6-3-7-27-15/h2,4-5,8,11,15H,3,6-7,9-10H2,1H3,(H,22,25)/t15-/m0/s1. The largest absolute Gasteiger partial charge is 0.376 e. The van der Waals surface area contributed by atoms with Crippen LogP contribution in [0.2, 0.25) is 0 Å². The van der Waals surface area contributed by atoms with Crippen LogP contribution in [0.4, 0.5) is 4.39 Å². The molecule has 1 amide bonds. The summed E-state index contributed by atoms with van der Waals surface area (Å²) in [6.45, 7) is 3.12. The van der Waals surface area contributed by atoms with Crippen LogP contribution in [0.1, 0.15) is 33.6 Å². The zero-order chi connectivity index (χ0) is 19.7. The molecule has 146 valence electrons. The van der Waals surface area contributed by atoms with Crippen molar-refractivity contribution in [3.63, 3.8) is 0 Å². The zero-order valence-corrected chi connectivity index (χ0v) is 16.2. The van der Waals surface area contributed by atoms with E-state index in [2.05, 4.69) is 10.3 Å². The third-order valence-corrected chi connectivity index (χ3v) is 5.86. The van der Waals surface area contributed by atoms with Gasteiger partial charge >= 0.3 is 0 Å². The van der Waals surface area contributed by atoms with Gasteiger partial charge in [0.1, 0.15) is 10.6 Å². The lowest BCUT2D eigenvalue weighted by Crippen LogP contribution is -2.29. The first-order valence-corrected chi connectivity index (χ1v) is 9.97. The fourth-order valence-electron chi connectivity index (χ4n) is 3.47. The van der Waals surface area contributed by atoms with Crippen LogP contribution in [0.3, 0.4) is 0 Å². The molecule has 1 N–H and O–H groups in total. The van der Waals surface area contributed by atoms with Crippen molar-refractivity contribution in [2.24, 2.45) is 0 Å². The number of hydrogen-bond acceptors (Lipinski definition) is 5. The third-order valence-electron chi connectivity index (χ3n) is 4.85. The van der Waals surface area contributed by atoms with Crippen molar-refractivity contribution in [3.05, 3.63) is 62.8 Å². The van der Waals surface area contributed by atoms with Crippen LogP contribution in [-0.2, 0) is 17.8 Å². The SMILES string of the molecule is Cc1sc2ncn(C[C@@H]3CCCO3)c(=O)c2c1C(=O)NCc1cccc(F)c1. The van der Waals surface area contributed by atoms with Gasteiger partial charge in [-0.3, -0.25) is 14.2 Å². The Morgan fingerprint density at radius 2 is 2.32 bits per heavy atom. The average molecular weight is 401 g/mol. The number of nitrogens with one attached hydrogen (secondary N) is 1. The number of ether oxygens (including phenoxy) is 1. The Bertz CT molecular complexity index is 1090. The third kappa shape index (κ3) is 3.70. The topological polar surface area (TPSA) is 73.2 Å². The summed E-state index contributed by atoms with van der Waals surface area (Å²) in [6.07, 6.45) is 3.42. The molecule has 2 aromatic heterocycles. The number of hydrogen-bond donors (Lipinski definition) is 1. The summed E-state index contributed by atoms with van der Waals surface area (Å²) < 4.78 is 20.5. The van der Waals surface area contributed by atoms with Crippen molar-refractivity contribution in [1.29, 1.82) is 0 Å². The van der Waals surface area contributed by atoms with Crippen molar-refractivity contribution in [1.82, 2.24) is 14.9 Å². The van der Waals surface area contributed by atoms with Gasteiger partial charge in [0.25, 0.3) is 11.5 Å². The molecule has 0 spiro atoms. The highest BCUT2D eigenvalue weighted by Gasteiger charge is 2.23. The minimum absolute atomic E-state index is 0.00179. The van der Waals surface area contributed by atoms with Gasteiger partial charge in [0.15, 0.2) is 0 Å². The number of amides is 1. The Labute approximate surface area is 165 Å². The Morgan fingerprint density at radius 1 is 1.46 bits per heavy atom. The number of carbonyl (C=O) groups is 1. The first-order chi connectivity index (χ1) is 13.5. The summed E-state index contributed by atoms with van der Waals surface area (Å²) in [5.41, 5.74) is 0.760. The van der Waals surface area contributed by atoms with Crippen LogP contribution in [-0.4, -0.2) is 28.2 Å². The van der Waals surface area contributed by atoms with E-state index in [-0.39, 0.29) is 29.9 Å². The van der Waals surface area contributed by atoms with Crippen LogP contribution in [0.15, 0.2) is 35.4 Å². The molecule has 0 aliphatic carbocycles. The van der Waals surface area contributed by atoms with E-state index in [0.717, 1.165) is 17.7 Å². The van der Waals surface area contributed by atoms with Crippen molar-refractivity contribution in [2.75, 3.05) is 6.61 Å². The van der Waals surface area contributed by atoms with E-state index in [0.29, 0.717) is 34.5 Å². The van der Waals surface area contributed by atoms with Gasteiger partial charge in [0, 0.05) is 18.0 Å². The summed E-state index contributed by atoms with van der Waals surface area (Å²) >= 11 is 1.32. The summed E-state index contributed by atoms with van der Waals surface area (Å²) in [4.78, 5) is 31.5. The van der Waals surface area contributed by atoms with Gasteiger partial charge in [-0.05, 0) is 37.5 Å². The van der Waals surface area contributed by atoms with E-state index in [9.17, 15) is 14.0 Å². The number of aryl methyl sites for hydroxylation is 1. The molecule has 0 unspecified atom stereocenters. The predicted octanol–water partition coefficient (Wildman–Crippen LogP) is 3.01. The quantitative estimate of drug-likeness (QED) is 0.713. The molecule has 1 aliphatic heterocycles. The molecule has 1 aromatic carbocycles. The highest BCUT2D eigenvalue weighted by Crippen LogP contribution is 2.27. The van der Waals surface area contributed by atoms with E-state index in [1.807, 2.05) is 0 Å². The molecular formula is C20H20FN3O3S. The molecule has 3 aromatic rings. The minimum atomic E-state index is -0.359. The van der Waals surface area contributed by atoms with Crippen molar-refractivity contribution in [3.8, 4) is 0 Å². The second-order valence-electron chi connectivity index (χ2n) is 6.86. The maximum atomic E-state index is 13.3. The molecule has 1 atom stereocenters. The average Bonchev–Trinajstić information content (AvgIpc) is 3.29. The van der Waals surface area contributed by atoms with Gasteiger partial charge in [-0.2, -0.15) is 0 Å². The number of rotatable bonds is 5. The van der Waals surface area contributed by atoms with Crippen LogP contribution in [0.5, 0.6) is 0 Å². The highest BCUT2D eigenvalue weighted by molar-refractivity contribution is 7.19. The first kappa shape index (κ1) is 18.8. The Morgan fingerprint density at radius 3 is 3.07 bits per heavy atom. The van der Waals surface area contributed by atoms with E-state index in [1.54, 1.807) is 19.1 Å². The van der Waals surface area contributed by atoms with E-state index < -0.39 is 0 Å². The second kappa shape index (κ2) is 7.81. The van der Waals surface area contributed by atoms with Crippen LogP contribution < -0.4 is 10.9 Å². The smallest absolute Gasteiger partial charge is 0.262 e. The molecule has 3 heterocycles. The number of thiophene rings is 1. The van der Waals surface area contributed by atoms with Gasteiger partial charge in [0.05, 0.1) is 29.9 Å². The second-order valence-corrected chi connectivity index (χ2v) is 8.07. The molecule has 0 saturated carbocycles. The molecule has 1 aliphatic rings. The first-order valence-electron chi connectivity index (χ1n) is 9.15. The van der Waals surface area contributed by atoms with E-state index >= 15 is 0 Å². The fourth-order valence-corrected chi connectivity index (χ4v) is 4.44. The van der Waals surface area contributed by atoms with Crippen LogP contribution in [0, 0.1) is 12.7 Å². The van der Waals surface area contributed by atoms with E-state index in [4.69, 9.17) is 4.74 Å². The van der Waals surface area contributed by atoms with Crippen molar-refractivity contribution in [2.45, 2.75) is 39.0 Å². The Hall–Kier alpha value is -2.58. The highest BCUT2D eigenvalue weighted by atomic mass is 32.1. The van der Waals surface area contributed by atoms with Crippen LogP contribution >= 0.6 is 11.3 Å². The lowest BCUT2D eigenvalue weighted by atomic mass is 10.1. The van der Waals surface area contributed by atoms with Crippen LogP contribution in [0.25, 0.3) is 10.2 Å². The number of aromatic nitrogens is 2. The van der Waals surface area contributed by atoms with Gasteiger partial charge in [0.2, 0.25) is 0 Å². The molecule has 6 nitrogen and oxygen atoms in total. The lowest BCUT2D eigenvalue weighted by molar-refractivity contribution is 0.0952. The number of halogens is 1. The van der Waals surface area contributed by atoms with Gasteiger partial charge < -0.3 is 10.1 Å². The summed E-state index contributed by atoms with van der Waals surface area (Å²) in [5, 5.41) is 3.11. The normalized spacial score (nSPS) is 16.6. The monoisotopic (exact) mass is 401 g/mol. The minimum Gasteiger partial charge on any atom is -0.376 e. The molecule has 0 radical (unpaired) electrons. The Balaban J connectivity index is 1.62. The molecule has 28 heavy (non-hydrogen) atoms. The number of benzene rings is 1. The van der Waals surface area contributed by atoms with Gasteiger partial charge in [-0.15, -0.1) is 11.3 Å². The summed E-state index contributed by atoms with van der Waals surface area (Å²) in [7, 11) is 0. The molecule has 0 bridgehead atoms. The predicted molar refractivity (Wildman–Crippen MR) is 105 cm³/mol. The van der Waals surface area contributed by atoms with Crippen molar-refractivity contribution < 1.29 is 13.9 Å². The maximum Gasteiger partial charge on any atom is 0.262 e. The Kier molecular flexibility index (Phi) is 5.23. The van der Waals surface area contributed by atoms with E-state index in [1.165, 1.54) is 34.4 Å². The fraction of sp³-hybridized carbons (Fsp3) is 0.350. The van der Waals surface area contributed by atoms with Crippen molar-refractivity contribution >= 4 is 27.5 Å². The number of carbonyl (C=O) groups excluding carboxylic acids is 1. The number of fused-ring (bicyclic) bond motifs is 1. The maximum absolute atomic E-state index is 13.3. The molecule has 8 heteroatoms.